The molecule has 1 aromatic heterocycles. The van der Waals surface area contributed by atoms with Gasteiger partial charge in [0.1, 0.15) is 6.07 Å². The quantitative estimate of drug-likeness (QED) is 0.888. The minimum Gasteiger partial charge on any atom is -0.365 e. The first-order valence-electron chi connectivity index (χ1n) is 6.31. The standard InChI is InChI=1S/C15H16N4/c1-12(7-8-13-5-3-2-4-6-13)19-15-14(11-16)17-9-10-18-15/h2-6,9-10,12H,7-8H2,1H3,(H,18,19). The third-order valence-corrected chi connectivity index (χ3v) is 2.90. The van der Waals surface area contributed by atoms with E-state index in [1.54, 1.807) is 6.20 Å². The fourth-order valence-corrected chi connectivity index (χ4v) is 1.86. The lowest BCUT2D eigenvalue weighted by atomic mass is 10.1. The molecule has 96 valence electrons. The largest absolute Gasteiger partial charge is 0.365 e. The summed E-state index contributed by atoms with van der Waals surface area (Å²) in [6, 6.07) is 12.6. The fourth-order valence-electron chi connectivity index (χ4n) is 1.86. The Morgan fingerprint density at radius 3 is 2.68 bits per heavy atom. The van der Waals surface area contributed by atoms with Gasteiger partial charge in [-0.05, 0) is 25.3 Å². The third kappa shape index (κ3) is 3.78. The summed E-state index contributed by atoms with van der Waals surface area (Å²) < 4.78 is 0. The Balaban J connectivity index is 1.91. The van der Waals surface area contributed by atoms with Crippen LogP contribution < -0.4 is 5.32 Å². The SMILES string of the molecule is CC(CCc1ccccc1)Nc1nccnc1C#N. The zero-order chi connectivity index (χ0) is 13.5. The second-order valence-corrected chi connectivity index (χ2v) is 4.44. The van der Waals surface area contributed by atoms with Crippen LogP contribution >= 0.6 is 0 Å². The van der Waals surface area contributed by atoms with Crippen molar-refractivity contribution in [2.24, 2.45) is 0 Å². The van der Waals surface area contributed by atoms with E-state index >= 15 is 0 Å². The van der Waals surface area contributed by atoms with Crippen LogP contribution in [0.1, 0.15) is 24.6 Å². The molecule has 4 nitrogen and oxygen atoms in total. The normalized spacial score (nSPS) is 11.6. The van der Waals surface area contributed by atoms with E-state index < -0.39 is 0 Å². The predicted molar refractivity (Wildman–Crippen MR) is 74.6 cm³/mol. The van der Waals surface area contributed by atoms with Crippen molar-refractivity contribution in [1.82, 2.24) is 9.97 Å². The molecular formula is C15H16N4. The van der Waals surface area contributed by atoms with Gasteiger partial charge in [0, 0.05) is 18.4 Å². The number of rotatable bonds is 5. The number of nitriles is 1. The maximum Gasteiger partial charge on any atom is 0.182 e. The Bertz CT molecular complexity index is 560. The minimum atomic E-state index is 0.240. The highest BCUT2D eigenvalue weighted by atomic mass is 15.0. The van der Waals surface area contributed by atoms with Crippen LogP contribution in [-0.2, 0) is 6.42 Å². The molecule has 4 heteroatoms. The van der Waals surface area contributed by atoms with E-state index in [2.05, 4.69) is 34.3 Å². The number of anilines is 1. The van der Waals surface area contributed by atoms with Crippen LogP contribution in [0.2, 0.25) is 0 Å². The van der Waals surface area contributed by atoms with Crippen LogP contribution in [0, 0.1) is 11.3 Å². The molecule has 0 fully saturated rings. The topological polar surface area (TPSA) is 61.6 Å². The van der Waals surface area contributed by atoms with E-state index in [1.807, 2.05) is 24.3 Å². The summed E-state index contributed by atoms with van der Waals surface area (Å²) in [7, 11) is 0. The maximum atomic E-state index is 8.95. The summed E-state index contributed by atoms with van der Waals surface area (Å²) >= 11 is 0. The molecule has 0 radical (unpaired) electrons. The van der Waals surface area contributed by atoms with Crippen LogP contribution in [0.5, 0.6) is 0 Å². The minimum absolute atomic E-state index is 0.240. The number of hydrogen-bond acceptors (Lipinski definition) is 4. The second kappa shape index (κ2) is 6.50. The van der Waals surface area contributed by atoms with Gasteiger partial charge >= 0.3 is 0 Å². The van der Waals surface area contributed by atoms with Gasteiger partial charge in [-0.25, -0.2) is 9.97 Å². The lowest BCUT2D eigenvalue weighted by Crippen LogP contribution is -2.18. The van der Waals surface area contributed by atoms with Gasteiger partial charge in [-0.3, -0.25) is 0 Å². The van der Waals surface area contributed by atoms with Crippen molar-refractivity contribution < 1.29 is 0 Å². The van der Waals surface area contributed by atoms with E-state index in [0.29, 0.717) is 11.5 Å². The molecule has 2 aromatic rings. The number of aryl methyl sites for hydroxylation is 1. The van der Waals surface area contributed by atoms with Crippen molar-refractivity contribution in [3.63, 3.8) is 0 Å². The van der Waals surface area contributed by atoms with Gasteiger partial charge in [0.25, 0.3) is 0 Å². The monoisotopic (exact) mass is 252 g/mol. The number of nitrogens with zero attached hydrogens (tertiary/aromatic N) is 3. The summed E-state index contributed by atoms with van der Waals surface area (Å²) in [5.41, 5.74) is 1.66. The molecule has 19 heavy (non-hydrogen) atoms. The van der Waals surface area contributed by atoms with Crippen LogP contribution in [0.25, 0.3) is 0 Å². The van der Waals surface area contributed by atoms with E-state index in [4.69, 9.17) is 5.26 Å². The van der Waals surface area contributed by atoms with Gasteiger partial charge < -0.3 is 5.32 Å². The molecule has 0 aliphatic carbocycles. The highest BCUT2D eigenvalue weighted by molar-refractivity contribution is 5.47. The van der Waals surface area contributed by atoms with Crippen molar-refractivity contribution in [2.75, 3.05) is 5.32 Å². The van der Waals surface area contributed by atoms with Crippen LogP contribution in [0.4, 0.5) is 5.82 Å². The van der Waals surface area contributed by atoms with E-state index in [1.165, 1.54) is 11.8 Å². The molecule has 1 heterocycles. The Morgan fingerprint density at radius 1 is 1.21 bits per heavy atom. The highest BCUT2D eigenvalue weighted by Gasteiger charge is 2.08. The molecule has 0 aliphatic heterocycles. The first-order valence-corrected chi connectivity index (χ1v) is 6.31. The number of nitrogens with one attached hydrogen (secondary N) is 1. The lowest BCUT2D eigenvalue weighted by molar-refractivity contribution is 0.702. The molecule has 1 unspecified atom stereocenters. The van der Waals surface area contributed by atoms with Crippen LogP contribution in [0.3, 0.4) is 0 Å². The Labute approximate surface area is 113 Å². The van der Waals surface area contributed by atoms with Gasteiger partial charge in [-0.15, -0.1) is 0 Å². The molecule has 1 atom stereocenters. The summed E-state index contributed by atoms with van der Waals surface area (Å²) in [6.45, 7) is 2.08. The average Bonchev–Trinajstić information content (AvgIpc) is 2.47. The molecule has 2 rings (SSSR count). The molecule has 0 saturated heterocycles. The molecule has 0 amide bonds. The molecule has 1 aromatic carbocycles. The summed E-state index contributed by atoms with van der Waals surface area (Å²) in [4.78, 5) is 8.13. The second-order valence-electron chi connectivity index (χ2n) is 4.44. The third-order valence-electron chi connectivity index (χ3n) is 2.90. The zero-order valence-corrected chi connectivity index (χ0v) is 10.9. The van der Waals surface area contributed by atoms with E-state index in [9.17, 15) is 0 Å². The molecular weight excluding hydrogens is 236 g/mol. The maximum absolute atomic E-state index is 8.95. The van der Waals surface area contributed by atoms with Crippen molar-refractivity contribution >= 4 is 5.82 Å². The zero-order valence-electron chi connectivity index (χ0n) is 10.9. The first kappa shape index (κ1) is 13.0. The van der Waals surface area contributed by atoms with Gasteiger partial charge in [-0.1, -0.05) is 30.3 Å². The van der Waals surface area contributed by atoms with E-state index in [0.717, 1.165) is 12.8 Å². The first-order chi connectivity index (χ1) is 9.29. The number of hydrogen-bond donors (Lipinski definition) is 1. The van der Waals surface area contributed by atoms with Gasteiger partial charge in [0.2, 0.25) is 0 Å². The summed E-state index contributed by atoms with van der Waals surface area (Å²) in [6.07, 6.45) is 5.09. The number of aromatic nitrogens is 2. The fraction of sp³-hybridized carbons (Fsp3) is 0.267. The molecule has 0 spiro atoms. The van der Waals surface area contributed by atoms with Gasteiger partial charge in [0.05, 0.1) is 0 Å². The molecule has 1 N–H and O–H groups in total. The Kier molecular flexibility index (Phi) is 4.46. The van der Waals surface area contributed by atoms with Crippen molar-refractivity contribution in [3.05, 3.63) is 54.0 Å². The van der Waals surface area contributed by atoms with Crippen molar-refractivity contribution in [2.45, 2.75) is 25.8 Å². The van der Waals surface area contributed by atoms with Crippen molar-refractivity contribution in [3.8, 4) is 6.07 Å². The lowest BCUT2D eigenvalue weighted by Gasteiger charge is -2.14. The summed E-state index contributed by atoms with van der Waals surface area (Å²) in [5.74, 6) is 0.561. The van der Waals surface area contributed by atoms with Gasteiger partial charge in [-0.2, -0.15) is 5.26 Å². The van der Waals surface area contributed by atoms with E-state index in [-0.39, 0.29) is 6.04 Å². The van der Waals surface area contributed by atoms with Crippen molar-refractivity contribution in [1.29, 1.82) is 5.26 Å². The summed E-state index contributed by atoms with van der Waals surface area (Å²) in [5, 5.41) is 12.2. The smallest absolute Gasteiger partial charge is 0.182 e. The average molecular weight is 252 g/mol. The van der Waals surface area contributed by atoms with Crippen LogP contribution in [-0.4, -0.2) is 16.0 Å². The predicted octanol–water partition coefficient (Wildman–Crippen LogP) is 2.78. The van der Waals surface area contributed by atoms with Crippen LogP contribution in [0.15, 0.2) is 42.7 Å². The number of benzene rings is 1. The highest BCUT2D eigenvalue weighted by Crippen LogP contribution is 2.11. The Hall–Kier alpha value is -2.41. The Morgan fingerprint density at radius 2 is 1.95 bits per heavy atom. The molecule has 0 aliphatic rings. The molecule has 0 bridgehead atoms. The molecule has 0 saturated carbocycles. The van der Waals surface area contributed by atoms with Gasteiger partial charge in [0.15, 0.2) is 11.5 Å².